The molecular weight excluding hydrogens is 434 g/mol. The number of hydrogen-bond acceptors (Lipinski definition) is 4. The quantitative estimate of drug-likeness (QED) is 0.336. The van der Waals surface area contributed by atoms with E-state index in [1.54, 1.807) is 6.20 Å². The molecular formula is C29H35N5O. The molecule has 35 heavy (non-hydrogen) atoms. The van der Waals surface area contributed by atoms with Crippen molar-refractivity contribution in [2.75, 3.05) is 13.6 Å². The van der Waals surface area contributed by atoms with Crippen molar-refractivity contribution < 1.29 is 4.79 Å². The first-order valence-electron chi connectivity index (χ1n) is 12.3. The number of nitrogens with zero attached hydrogens (tertiary/aromatic N) is 3. The van der Waals surface area contributed by atoms with Crippen LogP contribution in [-0.2, 0) is 6.54 Å². The molecule has 6 heteroatoms. The molecule has 2 aromatic carbocycles. The third-order valence-corrected chi connectivity index (χ3v) is 6.57. The van der Waals surface area contributed by atoms with Gasteiger partial charge in [-0.15, -0.1) is 0 Å². The number of fused-ring (bicyclic) bond motifs is 1. The van der Waals surface area contributed by atoms with Crippen LogP contribution in [0.4, 0.5) is 0 Å². The van der Waals surface area contributed by atoms with Crippen LogP contribution in [0.15, 0.2) is 54.7 Å². The number of aromatic nitrogens is 3. The number of H-pyrrole nitrogens is 1. The van der Waals surface area contributed by atoms with Crippen LogP contribution in [0.3, 0.4) is 0 Å². The third kappa shape index (κ3) is 5.77. The zero-order chi connectivity index (χ0) is 24.9. The van der Waals surface area contributed by atoms with Crippen LogP contribution in [0.5, 0.6) is 0 Å². The summed E-state index contributed by atoms with van der Waals surface area (Å²) >= 11 is 0. The average Bonchev–Trinajstić information content (AvgIpc) is 3.25. The lowest BCUT2D eigenvalue weighted by molar-refractivity contribution is 0.0924. The molecule has 6 nitrogen and oxygen atoms in total. The van der Waals surface area contributed by atoms with Crippen molar-refractivity contribution in [3.05, 3.63) is 82.7 Å². The molecule has 0 radical (unpaired) electrons. The summed E-state index contributed by atoms with van der Waals surface area (Å²) in [6.45, 7) is 10.1. The van der Waals surface area contributed by atoms with Gasteiger partial charge in [-0.25, -0.2) is 0 Å². The van der Waals surface area contributed by atoms with E-state index in [2.05, 4.69) is 71.4 Å². The van der Waals surface area contributed by atoms with E-state index in [9.17, 15) is 4.79 Å². The van der Waals surface area contributed by atoms with Crippen LogP contribution in [-0.4, -0.2) is 45.6 Å². The summed E-state index contributed by atoms with van der Waals surface area (Å²) in [4.78, 5) is 19.9. The number of carbonyl (C=O) groups is 1. The first kappa shape index (κ1) is 24.6. The Morgan fingerprint density at radius 2 is 1.86 bits per heavy atom. The van der Waals surface area contributed by atoms with Gasteiger partial charge in [0, 0.05) is 47.5 Å². The van der Waals surface area contributed by atoms with Gasteiger partial charge in [-0.1, -0.05) is 31.5 Å². The van der Waals surface area contributed by atoms with Crippen LogP contribution in [0.25, 0.3) is 22.2 Å². The molecule has 0 fully saturated rings. The molecule has 0 aliphatic heterocycles. The number of rotatable bonds is 9. The second-order valence-corrected chi connectivity index (χ2v) is 9.54. The number of likely N-dealkylation sites (N-methyl/N-ethyl adjacent to an activating group) is 1. The molecule has 182 valence electrons. The molecule has 1 atom stereocenters. The normalized spacial score (nSPS) is 12.3. The summed E-state index contributed by atoms with van der Waals surface area (Å²) in [5, 5.41) is 11.8. The smallest absolute Gasteiger partial charge is 0.251 e. The summed E-state index contributed by atoms with van der Waals surface area (Å²) in [7, 11) is 2.13. The van der Waals surface area contributed by atoms with Crippen molar-refractivity contribution in [3.8, 4) is 11.3 Å². The highest BCUT2D eigenvalue weighted by molar-refractivity contribution is 6.01. The second kappa shape index (κ2) is 10.8. The number of aromatic amines is 1. The number of nitrogens with one attached hydrogen (secondary N) is 2. The Balaban J connectivity index is 1.50. The Bertz CT molecular complexity index is 1310. The van der Waals surface area contributed by atoms with Gasteiger partial charge in [0.05, 0.1) is 5.52 Å². The number of hydrogen-bond donors (Lipinski definition) is 2. The number of carbonyl (C=O) groups excluding carboxylic acids is 1. The van der Waals surface area contributed by atoms with E-state index in [0.29, 0.717) is 5.56 Å². The lowest BCUT2D eigenvalue weighted by Crippen LogP contribution is -2.42. The van der Waals surface area contributed by atoms with Gasteiger partial charge >= 0.3 is 0 Å². The molecule has 0 spiro atoms. The maximum atomic E-state index is 13.3. The van der Waals surface area contributed by atoms with Crippen molar-refractivity contribution in [2.24, 2.45) is 0 Å². The predicted octanol–water partition coefficient (Wildman–Crippen LogP) is 5.58. The highest BCUT2D eigenvalue weighted by atomic mass is 16.1. The first-order valence-corrected chi connectivity index (χ1v) is 12.3. The predicted molar refractivity (Wildman–Crippen MR) is 142 cm³/mol. The van der Waals surface area contributed by atoms with Gasteiger partial charge in [0.15, 0.2) is 0 Å². The standard InChI is InChI=1S/C29H35N5O/c1-6-8-24(17-34(5)18-26-19(2)9-7-10-20(26)3)31-29(35)23-11-12-27-25(16-23)28(33-32-27)22-13-14-30-21(4)15-22/h7,9-16,24H,6,8,17-18H2,1-5H3,(H,31,35)(H,32,33). The molecule has 1 unspecified atom stereocenters. The van der Waals surface area contributed by atoms with Gasteiger partial charge < -0.3 is 10.2 Å². The molecule has 4 aromatic rings. The fourth-order valence-electron chi connectivity index (χ4n) is 4.70. The fourth-order valence-corrected chi connectivity index (χ4v) is 4.70. The molecule has 0 saturated carbocycles. The maximum absolute atomic E-state index is 13.3. The summed E-state index contributed by atoms with van der Waals surface area (Å²) in [5.74, 6) is -0.0520. The molecule has 0 aliphatic rings. The Morgan fingerprint density at radius 1 is 1.09 bits per heavy atom. The highest BCUT2D eigenvalue weighted by Gasteiger charge is 2.18. The molecule has 0 bridgehead atoms. The largest absolute Gasteiger partial charge is 0.348 e. The van der Waals surface area contributed by atoms with Crippen molar-refractivity contribution in [1.82, 2.24) is 25.4 Å². The number of benzene rings is 2. The molecule has 0 aliphatic carbocycles. The van der Waals surface area contributed by atoms with Crippen molar-refractivity contribution in [2.45, 2.75) is 53.1 Å². The average molecular weight is 470 g/mol. The van der Waals surface area contributed by atoms with Crippen LogP contribution in [0, 0.1) is 20.8 Å². The minimum atomic E-state index is -0.0520. The number of amides is 1. The SMILES string of the molecule is CCCC(CN(C)Cc1c(C)cccc1C)NC(=O)c1ccc2[nH]nc(-c3ccnc(C)c3)c2c1. The Labute approximate surface area is 207 Å². The van der Waals surface area contributed by atoms with Gasteiger partial charge in [0.25, 0.3) is 5.91 Å². The number of aryl methyl sites for hydroxylation is 3. The summed E-state index contributed by atoms with van der Waals surface area (Å²) in [6.07, 6.45) is 3.72. The second-order valence-electron chi connectivity index (χ2n) is 9.54. The summed E-state index contributed by atoms with van der Waals surface area (Å²) in [6, 6.07) is 16.2. The van der Waals surface area contributed by atoms with E-state index in [-0.39, 0.29) is 11.9 Å². The molecule has 2 N–H and O–H groups in total. The van der Waals surface area contributed by atoms with E-state index < -0.39 is 0 Å². The van der Waals surface area contributed by atoms with Gasteiger partial charge in [-0.05, 0) is 81.3 Å². The zero-order valence-electron chi connectivity index (χ0n) is 21.4. The molecule has 2 heterocycles. The van der Waals surface area contributed by atoms with E-state index in [0.717, 1.165) is 53.8 Å². The van der Waals surface area contributed by atoms with Gasteiger partial charge in [-0.3, -0.25) is 14.9 Å². The van der Waals surface area contributed by atoms with Crippen molar-refractivity contribution >= 4 is 16.8 Å². The summed E-state index contributed by atoms with van der Waals surface area (Å²) < 4.78 is 0. The molecule has 2 aromatic heterocycles. The van der Waals surface area contributed by atoms with Crippen LogP contribution < -0.4 is 5.32 Å². The van der Waals surface area contributed by atoms with Crippen LogP contribution in [0.1, 0.15) is 52.5 Å². The zero-order valence-corrected chi connectivity index (χ0v) is 21.4. The minimum Gasteiger partial charge on any atom is -0.348 e. The first-order chi connectivity index (χ1) is 16.9. The minimum absolute atomic E-state index is 0.0520. The van der Waals surface area contributed by atoms with Crippen LogP contribution in [0.2, 0.25) is 0 Å². The van der Waals surface area contributed by atoms with Gasteiger partial charge in [-0.2, -0.15) is 5.10 Å². The van der Waals surface area contributed by atoms with Crippen molar-refractivity contribution in [3.63, 3.8) is 0 Å². The summed E-state index contributed by atoms with van der Waals surface area (Å²) in [5.41, 5.74) is 8.27. The molecule has 4 rings (SSSR count). The molecule has 1 amide bonds. The lowest BCUT2D eigenvalue weighted by atomic mass is 10.0. The van der Waals surface area contributed by atoms with Gasteiger partial charge in [0.2, 0.25) is 0 Å². The van der Waals surface area contributed by atoms with Gasteiger partial charge in [0.1, 0.15) is 5.69 Å². The van der Waals surface area contributed by atoms with E-state index >= 15 is 0 Å². The fraction of sp³-hybridized carbons (Fsp3) is 0.345. The Morgan fingerprint density at radius 3 is 2.57 bits per heavy atom. The third-order valence-electron chi connectivity index (χ3n) is 6.57. The van der Waals surface area contributed by atoms with E-state index in [4.69, 9.17) is 0 Å². The van der Waals surface area contributed by atoms with E-state index in [1.165, 1.54) is 16.7 Å². The lowest BCUT2D eigenvalue weighted by Gasteiger charge is -2.26. The highest BCUT2D eigenvalue weighted by Crippen LogP contribution is 2.27. The van der Waals surface area contributed by atoms with E-state index in [1.807, 2.05) is 37.3 Å². The van der Waals surface area contributed by atoms with Crippen LogP contribution >= 0.6 is 0 Å². The van der Waals surface area contributed by atoms with Crippen molar-refractivity contribution in [1.29, 1.82) is 0 Å². The Hall–Kier alpha value is -3.51. The topological polar surface area (TPSA) is 73.9 Å². The maximum Gasteiger partial charge on any atom is 0.251 e. The monoisotopic (exact) mass is 469 g/mol. The number of pyridine rings is 1. The Kier molecular flexibility index (Phi) is 7.61. The molecule has 0 saturated heterocycles.